The van der Waals surface area contributed by atoms with Crippen LogP contribution < -0.4 is 14.5 Å². The number of likely N-dealkylation sites (tertiary alicyclic amines) is 1. The Kier molecular flexibility index (Phi) is 7.42. The number of carbonyl (C=O) groups excluding carboxylic acids is 3. The van der Waals surface area contributed by atoms with Crippen LogP contribution in [0.1, 0.15) is 27.2 Å². The average Bonchev–Trinajstić information content (AvgIpc) is 3.30. The van der Waals surface area contributed by atoms with Crippen molar-refractivity contribution in [3.63, 3.8) is 0 Å². The van der Waals surface area contributed by atoms with Crippen LogP contribution in [0.2, 0.25) is 0 Å². The standard InChI is InChI=1S/C34H39N3O6/c1-5-33-17-9-19-35(23-11-7-6-8-12-23)30(39)27(33)28-31(40)37(26(21-38)22(2)3)29-32(41)36(20-10-18-34(28,29)43-33)24-13-15-25(42-4)16-14-24/h6-18,22,26-29,38H,5,19-21H2,1-4H3/t26-,27+,28-,29?,33-,34-/m0/s1. The number of rotatable bonds is 7. The lowest BCUT2D eigenvalue weighted by Crippen LogP contribution is -2.60. The number of para-hydroxylation sites is 1. The molecule has 4 heterocycles. The molecule has 1 unspecified atom stereocenters. The number of carbonyl (C=O) groups is 3. The van der Waals surface area contributed by atoms with Gasteiger partial charge in [-0.1, -0.05) is 63.3 Å². The van der Waals surface area contributed by atoms with E-state index in [1.165, 1.54) is 4.90 Å². The molecule has 0 saturated carbocycles. The van der Waals surface area contributed by atoms with Gasteiger partial charge in [0, 0.05) is 24.5 Å². The number of fused-ring (bicyclic) bond motifs is 2. The van der Waals surface area contributed by atoms with Gasteiger partial charge in [0.25, 0.3) is 5.91 Å². The lowest BCUT2D eigenvalue weighted by molar-refractivity contribution is -0.150. The summed E-state index contributed by atoms with van der Waals surface area (Å²) in [6, 6.07) is 14.9. The lowest BCUT2D eigenvalue weighted by atomic mass is 9.73. The molecular formula is C34H39N3O6. The molecule has 1 N–H and O–H groups in total. The highest BCUT2D eigenvalue weighted by molar-refractivity contribution is 6.07. The van der Waals surface area contributed by atoms with Crippen molar-refractivity contribution < 1.29 is 29.0 Å². The van der Waals surface area contributed by atoms with Gasteiger partial charge in [0.2, 0.25) is 11.8 Å². The highest BCUT2D eigenvalue weighted by atomic mass is 16.5. The first-order valence-electron chi connectivity index (χ1n) is 15.0. The average molecular weight is 586 g/mol. The summed E-state index contributed by atoms with van der Waals surface area (Å²) in [5.41, 5.74) is -1.11. The number of nitrogens with zero attached hydrogens (tertiary/aromatic N) is 3. The Labute approximate surface area is 252 Å². The van der Waals surface area contributed by atoms with E-state index >= 15 is 0 Å². The molecule has 2 aromatic carbocycles. The van der Waals surface area contributed by atoms with Gasteiger partial charge in [-0.05, 0) is 48.7 Å². The molecule has 4 aliphatic heterocycles. The molecule has 4 aliphatic rings. The molecule has 3 amide bonds. The van der Waals surface area contributed by atoms with Gasteiger partial charge in [-0.25, -0.2) is 0 Å². The van der Waals surface area contributed by atoms with Crippen LogP contribution in [0.4, 0.5) is 11.4 Å². The number of amides is 3. The smallest absolute Gasteiger partial charge is 0.253 e. The van der Waals surface area contributed by atoms with Crippen LogP contribution in [0.3, 0.4) is 0 Å². The highest BCUT2D eigenvalue weighted by Crippen LogP contribution is 2.59. The van der Waals surface area contributed by atoms with Gasteiger partial charge in [-0.15, -0.1) is 0 Å². The molecule has 1 spiro atoms. The minimum absolute atomic E-state index is 0.152. The van der Waals surface area contributed by atoms with E-state index in [1.54, 1.807) is 29.0 Å². The molecule has 0 bridgehead atoms. The van der Waals surface area contributed by atoms with Gasteiger partial charge in [-0.3, -0.25) is 14.4 Å². The molecule has 9 nitrogen and oxygen atoms in total. The quantitative estimate of drug-likeness (QED) is 0.499. The first-order chi connectivity index (χ1) is 20.7. The Balaban J connectivity index is 1.51. The van der Waals surface area contributed by atoms with Crippen molar-refractivity contribution >= 4 is 29.1 Å². The van der Waals surface area contributed by atoms with Crippen LogP contribution in [-0.4, -0.2) is 77.8 Å². The van der Waals surface area contributed by atoms with Gasteiger partial charge in [0.05, 0.1) is 37.2 Å². The minimum atomic E-state index is -1.40. The third-order valence-corrected chi connectivity index (χ3v) is 9.64. The summed E-state index contributed by atoms with van der Waals surface area (Å²) in [7, 11) is 1.58. The monoisotopic (exact) mass is 585 g/mol. The van der Waals surface area contributed by atoms with Crippen molar-refractivity contribution in [2.24, 2.45) is 17.8 Å². The van der Waals surface area contributed by atoms with Crippen LogP contribution in [0, 0.1) is 17.8 Å². The maximum absolute atomic E-state index is 14.8. The molecule has 0 aliphatic carbocycles. The molecule has 6 rings (SSSR count). The summed E-state index contributed by atoms with van der Waals surface area (Å²) in [5, 5.41) is 10.6. The van der Waals surface area contributed by atoms with Crippen molar-refractivity contribution in [2.45, 2.75) is 50.5 Å². The second kappa shape index (κ2) is 11.0. The molecule has 226 valence electrons. The van der Waals surface area contributed by atoms with Gasteiger partial charge in [0.1, 0.15) is 17.4 Å². The second-order valence-electron chi connectivity index (χ2n) is 12.1. The molecule has 0 radical (unpaired) electrons. The highest BCUT2D eigenvalue weighted by Gasteiger charge is 2.76. The Morgan fingerprint density at radius 2 is 1.51 bits per heavy atom. The van der Waals surface area contributed by atoms with Crippen molar-refractivity contribution in [1.82, 2.24) is 4.90 Å². The summed E-state index contributed by atoms with van der Waals surface area (Å²) in [6.45, 7) is 6.07. The van der Waals surface area contributed by atoms with E-state index in [0.29, 0.717) is 24.4 Å². The van der Waals surface area contributed by atoms with Crippen LogP contribution in [0.5, 0.6) is 5.75 Å². The third-order valence-electron chi connectivity index (χ3n) is 9.64. The zero-order valence-electron chi connectivity index (χ0n) is 25.1. The van der Waals surface area contributed by atoms with Crippen molar-refractivity contribution in [2.75, 3.05) is 36.6 Å². The fraction of sp³-hybridized carbons (Fsp3) is 0.441. The number of anilines is 2. The molecule has 0 aromatic heterocycles. The van der Waals surface area contributed by atoms with Crippen LogP contribution in [-0.2, 0) is 19.1 Å². The van der Waals surface area contributed by atoms with E-state index in [2.05, 4.69) is 0 Å². The van der Waals surface area contributed by atoms with Crippen molar-refractivity contribution in [1.29, 1.82) is 0 Å². The Hall–Kier alpha value is -3.95. The summed E-state index contributed by atoms with van der Waals surface area (Å²) in [6.07, 6.45) is 8.01. The van der Waals surface area contributed by atoms with E-state index in [1.807, 2.05) is 87.5 Å². The van der Waals surface area contributed by atoms with Gasteiger partial charge < -0.3 is 29.3 Å². The predicted molar refractivity (Wildman–Crippen MR) is 163 cm³/mol. The summed E-state index contributed by atoms with van der Waals surface area (Å²) < 4.78 is 12.4. The summed E-state index contributed by atoms with van der Waals surface area (Å²) in [5.74, 6) is -2.19. The van der Waals surface area contributed by atoms with Crippen molar-refractivity contribution in [3.8, 4) is 5.75 Å². The minimum Gasteiger partial charge on any atom is -0.497 e. The molecule has 43 heavy (non-hydrogen) atoms. The number of aliphatic hydroxyl groups excluding tert-OH is 1. The van der Waals surface area contributed by atoms with Gasteiger partial charge in [-0.2, -0.15) is 0 Å². The SMILES string of the molecule is CC[C@]12C=CCN(c3ccccc3)C(=O)[C@H]1[C@H]1C(=O)N([C@@H](CO)C(C)C)C3C(=O)N(c4ccc(OC)cc4)CC=C[C@@]31O2. The number of hydrogen-bond acceptors (Lipinski definition) is 6. The molecule has 2 aromatic rings. The number of benzene rings is 2. The second-order valence-corrected chi connectivity index (χ2v) is 12.1. The molecule has 9 heteroatoms. The van der Waals surface area contributed by atoms with Crippen LogP contribution in [0.25, 0.3) is 0 Å². The first kappa shape index (κ1) is 29.1. The Morgan fingerprint density at radius 3 is 2.12 bits per heavy atom. The fourth-order valence-corrected chi connectivity index (χ4v) is 7.51. The molecule has 2 fully saturated rings. The van der Waals surface area contributed by atoms with Crippen molar-refractivity contribution in [3.05, 3.63) is 78.9 Å². The molecule has 6 atom stereocenters. The Morgan fingerprint density at radius 1 is 0.884 bits per heavy atom. The zero-order valence-corrected chi connectivity index (χ0v) is 25.1. The van der Waals surface area contributed by atoms with Gasteiger partial charge in [0.15, 0.2) is 0 Å². The largest absolute Gasteiger partial charge is 0.497 e. The normalized spacial score (nSPS) is 30.7. The van der Waals surface area contributed by atoms with Crippen LogP contribution >= 0.6 is 0 Å². The van der Waals surface area contributed by atoms with Gasteiger partial charge >= 0.3 is 0 Å². The summed E-state index contributed by atoms with van der Waals surface area (Å²) in [4.78, 5) is 49.0. The van der Waals surface area contributed by atoms with E-state index in [9.17, 15) is 19.5 Å². The lowest BCUT2D eigenvalue weighted by Gasteiger charge is -2.41. The van der Waals surface area contributed by atoms with E-state index < -0.39 is 35.1 Å². The zero-order chi connectivity index (χ0) is 30.5. The first-order valence-corrected chi connectivity index (χ1v) is 15.0. The summed E-state index contributed by atoms with van der Waals surface area (Å²) >= 11 is 0. The third kappa shape index (κ3) is 4.32. The predicted octanol–water partition coefficient (Wildman–Crippen LogP) is 3.58. The number of hydrogen-bond donors (Lipinski definition) is 1. The van der Waals surface area contributed by atoms with E-state index in [4.69, 9.17) is 9.47 Å². The maximum Gasteiger partial charge on any atom is 0.253 e. The Bertz CT molecular complexity index is 1460. The number of ether oxygens (including phenoxy) is 2. The molecular weight excluding hydrogens is 546 g/mol. The topological polar surface area (TPSA) is 99.6 Å². The number of methoxy groups -OCH3 is 1. The van der Waals surface area contributed by atoms with Crippen LogP contribution in [0.15, 0.2) is 78.9 Å². The fourth-order valence-electron chi connectivity index (χ4n) is 7.51. The maximum atomic E-state index is 14.8. The molecule has 2 saturated heterocycles. The number of aliphatic hydroxyl groups is 1. The van der Waals surface area contributed by atoms with E-state index in [0.717, 1.165) is 5.69 Å². The van der Waals surface area contributed by atoms with E-state index in [-0.39, 0.29) is 36.8 Å².